The van der Waals surface area contributed by atoms with Crippen molar-refractivity contribution in [2.75, 3.05) is 0 Å². The first-order valence-corrected chi connectivity index (χ1v) is 4.19. The number of nitro groups is 1. The number of rotatable bonds is 2. The predicted molar refractivity (Wildman–Crippen MR) is 46.4 cm³/mol. The molecule has 0 amide bonds. The van der Waals surface area contributed by atoms with Gasteiger partial charge in [-0.15, -0.1) is 0 Å². The van der Waals surface area contributed by atoms with E-state index in [1.165, 1.54) is 10.9 Å². The number of aryl methyl sites for hydroxylation is 1. The molecule has 1 saturated carbocycles. The summed E-state index contributed by atoms with van der Waals surface area (Å²) in [6.45, 7) is 0. The molecular weight excluding hydrogens is 184 g/mol. The van der Waals surface area contributed by atoms with Crippen molar-refractivity contribution in [1.82, 2.24) is 9.78 Å². The Hall–Kier alpha value is -1.90. The normalized spacial score (nSPS) is 17.4. The van der Waals surface area contributed by atoms with Gasteiger partial charge in [0.25, 0.3) is 0 Å². The molecule has 1 aliphatic carbocycles. The lowest BCUT2D eigenvalue weighted by atomic mass is 10.0. The third-order valence-electron chi connectivity index (χ3n) is 2.42. The van der Waals surface area contributed by atoms with E-state index >= 15 is 0 Å². The minimum atomic E-state index is -0.691. The third-order valence-corrected chi connectivity index (χ3v) is 2.42. The van der Waals surface area contributed by atoms with E-state index < -0.39 is 10.3 Å². The molecule has 6 heteroatoms. The molecule has 1 aliphatic rings. The summed E-state index contributed by atoms with van der Waals surface area (Å²) >= 11 is 0. The van der Waals surface area contributed by atoms with Crippen molar-refractivity contribution in [2.24, 2.45) is 7.05 Å². The fraction of sp³-hybridized carbons (Fsp3) is 0.500. The molecule has 1 fully saturated rings. The molecule has 6 nitrogen and oxygen atoms in total. The molecule has 0 aromatic carbocycles. The second kappa shape index (κ2) is 2.54. The fourth-order valence-electron chi connectivity index (χ4n) is 1.48. The largest absolute Gasteiger partial charge is 0.311 e. The van der Waals surface area contributed by atoms with E-state index in [9.17, 15) is 10.1 Å². The number of aromatic nitrogens is 2. The zero-order valence-electron chi connectivity index (χ0n) is 7.60. The van der Waals surface area contributed by atoms with Crippen LogP contribution in [-0.2, 0) is 12.5 Å². The summed E-state index contributed by atoms with van der Waals surface area (Å²) < 4.78 is 1.38. The van der Waals surface area contributed by atoms with Gasteiger partial charge in [0.2, 0.25) is 0 Å². The topological polar surface area (TPSA) is 84.7 Å². The van der Waals surface area contributed by atoms with Crippen LogP contribution in [0.25, 0.3) is 0 Å². The Bertz CT molecular complexity index is 439. The van der Waals surface area contributed by atoms with Gasteiger partial charge in [0.05, 0.1) is 11.0 Å². The quantitative estimate of drug-likeness (QED) is 0.514. The molecule has 0 bridgehead atoms. The Morgan fingerprint density at radius 2 is 2.43 bits per heavy atom. The van der Waals surface area contributed by atoms with Gasteiger partial charge in [-0.3, -0.25) is 14.8 Å². The zero-order valence-corrected chi connectivity index (χ0v) is 7.60. The molecule has 0 aliphatic heterocycles. The summed E-state index contributed by atoms with van der Waals surface area (Å²) in [5.41, 5.74) is -0.428. The molecule has 2 rings (SSSR count). The van der Waals surface area contributed by atoms with Crippen LogP contribution in [0.5, 0.6) is 0 Å². The highest BCUT2D eigenvalue weighted by Gasteiger charge is 2.51. The van der Waals surface area contributed by atoms with Crippen LogP contribution in [0.1, 0.15) is 18.5 Å². The number of nitrogens with zero attached hydrogens (tertiary/aromatic N) is 4. The Labute approximate surface area is 79.9 Å². The molecule has 14 heavy (non-hydrogen) atoms. The number of hydrogen-bond acceptors (Lipinski definition) is 4. The van der Waals surface area contributed by atoms with E-state index in [1.807, 2.05) is 0 Å². The van der Waals surface area contributed by atoms with Crippen molar-refractivity contribution in [3.63, 3.8) is 0 Å². The molecule has 0 saturated heterocycles. The molecule has 0 N–H and O–H groups in total. The van der Waals surface area contributed by atoms with Crippen LogP contribution in [-0.4, -0.2) is 14.7 Å². The molecular formula is C8H8N4O2. The average molecular weight is 192 g/mol. The predicted octanol–water partition coefficient (Wildman–Crippen LogP) is 0.883. The SMILES string of the molecule is Cn1cc([N+](=O)[O-])c(C2(C#N)CC2)n1. The van der Waals surface area contributed by atoms with Gasteiger partial charge in [0.15, 0.2) is 5.69 Å². The summed E-state index contributed by atoms with van der Waals surface area (Å²) in [5, 5.41) is 23.6. The molecule has 1 aromatic rings. The maximum atomic E-state index is 10.7. The van der Waals surface area contributed by atoms with Crippen LogP contribution in [0, 0.1) is 21.4 Å². The highest BCUT2D eigenvalue weighted by atomic mass is 16.6. The second-order valence-corrected chi connectivity index (χ2v) is 3.49. The van der Waals surface area contributed by atoms with Gasteiger partial charge in [0, 0.05) is 7.05 Å². The van der Waals surface area contributed by atoms with Gasteiger partial charge in [-0.1, -0.05) is 0 Å². The van der Waals surface area contributed by atoms with Crippen LogP contribution in [0.2, 0.25) is 0 Å². The van der Waals surface area contributed by atoms with E-state index in [2.05, 4.69) is 11.2 Å². The van der Waals surface area contributed by atoms with Gasteiger partial charge in [0.1, 0.15) is 11.6 Å². The average Bonchev–Trinajstić information content (AvgIpc) is 2.84. The smallest absolute Gasteiger partial charge is 0.268 e. The van der Waals surface area contributed by atoms with Gasteiger partial charge in [-0.2, -0.15) is 10.4 Å². The Morgan fingerprint density at radius 3 is 2.86 bits per heavy atom. The Balaban J connectivity index is 2.53. The van der Waals surface area contributed by atoms with Crippen molar-refractivity contribution in [3.05, 3.63) is 22.0 Å². The molecule has 0 radical (unpaired) electrons. The Morgan fingerprint density at radius 1 is 1.79 bits per heavy atom. The minimum Gasteiger partial charge on any atom is -0.268 e. The van der Waals surface area contributed by atoms with Crippen LogP contribution in [0.4, 0.5) is 5.69 Å². The summed E-state index contributed by atoms with van der Waals surface area (Å²) in [5.74, 6) is 0. The minimum absolute atomic E-state index is 0.0495. The van der Waals surface area contributed by atoms with E-state index in [0.717, 1.165) is 0 Å². The lowest BCUT2D eigenvalue weighted by molar-refractivity contribution is -0.385. The van der Waals surface area contributed by atoms with Crippen LogP contribution in [0.3, 0.4) is 0 Å². The second-order valence-electron chi connectivity index (χ2n) is 3.49. The van der Waals surface area contributed by atoms with E-state index in [4.69, 9.17) is 5.26 Å². The van der Waals surface area contributed by atoms with Gasteiger partial charge >= 0.3 is 5.69 Å². The summed E-state index contributed by atoms with van der Waals surface area (Å²) in [6, 6.07) is 2.10. The van der Waals surface area contributed by atoms with E-state index in [0.29, 0.717) is 18.5 Å². The summed E-state index contributed by atoms with van der Waals surface area (Å²) in [4.78, 5) is 10.2. The molecule has 0 unspecified atom stereocenters. The van der Waals surface area contributed by atoms with Gasteiger partial charge in [-0.05, 0) is 12.8 Å². The Kier molecular flexibility index (Phi) is 1.58. The standard InChI is InChI=1S/C8H8N4O2/c1-11-4-6(12(13)14)7(10-11)8(5-9)2-3-8/h4H,2-3H2,1H3. The van der Waals surface area contributed by atoms with Crippen molar-refractivity contribution in [2.45, 2.75) is 18.3 Å². The molecule has 0 spiro atoms. The first-order valence-electron chi connectivity index (χ1n) is 4.19. The lowest BCUT2D eigenvalue weighted by Crippen LogP contribution is -2.07. The van der Waals surface area contributed by atoms with Crippen molar-refractivity contribution in [3.8, 4) is 6.07 Å². The van der Waals surface area contributed by atoms with Crippen molar-refractivity contribution in [1.29, 1.82) is 5.26 Å². The van der Waals surface area contributed by atoms with Crippen LogP contribution in [0.15, 0.2) is 6.20 Å². The highest BCUT2D eigenvalue weighted by molar-refractivity contribution is 5.46. The third kappa shape index (κ3) is 1.06. The van der Waals surface area contributed by atoms with Gasteiger partial charge < -0.3 is 0 Å². The molecule has 0 atom stereocenters. The number of hydrogen-bond donors (Lipinski definition) is 0. The monoisotopic (exact) mass is 192 g/mol. The van der Waals surface area contributed by atoms with E-state index in [-0.39, 0.29) is 5.69 Å². The maximum absolute atomic E-state index is 10.7. The first-order chi connectivity index (χ1) is 6.59. The molecule has 72 valence electrons. The van der Waals surface area contributed by atoms with Gasteiger partial charge in [-0.25, -0.2) is 0 Å². The molecule has 1 aromatic heterocycles. The first kappa shape index (κ1) is 8.69. The zero-order chi connectivity index (χ0) is 10.3. The van der Waals surface area contributed by atoms with Crippen molar-refractivity contribution < 1.29 is 4.92 Å². The number of nitriles is 1. The summed E-state index contributed by atoms with van der Waals surface area (Å²) in [7, 11) is 1.62. The summed E-state index contributed by atoms with van der Waals surface area (Å²) in [6.07, 6.45) is 2.68. The fourth-order valence-corrected chi connectivity index (χ4v) is 1.48. The van der Waals surface area contributed by atoms with Crippen molar-refractivity contribution >= 4 is 5.69 Å². The van der Waals surface area contributed by atoms with E-state index in [1.54, 1.807) is 7.05 Å². The van der Waals surface area contributed by atoms with Crippen LogP contribution >= 0.6 is 0 Å². The lowest BCUT2D eigenvalue weighted by Gasteiger charge is -1.98. The molecule has 1 heterocycles. The van der Waals surface area contributed by atoms with Crippen LogP contribution < -0.4 is 0 Å². The maximum Gasteiger partial charge on any atom is 0.311 e. The highest BCUT2D eigenvalue weighted by Crippen LogP contribution is 2.49.